The molecule has 96 valence electrons. The minimum absolute atomic E-state index is 0.158. The average Bonchev–Trinajstić information content (AvgIpc) is 2.39. The highest BCUT2D eigenvalue weighted by Crippen LogP contribution is 2.20. The first kappa shape index (κ1) is 12.8. The van der Waals surface area contributed by atoms with Crippen LogP contribution in [0.1, 0.15) is 26.7 Å². The average molecular weight is 245 g/mol. The van der Waals surface area contributed by atoms with E-state index in [4.69, 9.17) is 5.11 Å². The van der Waals surface area contributed by atoms with Gasteiger partial charge in [-0.1, -0.05) is 25.1 Å². The Morgan fingerprint density at radius 2 is 2.11 bits per heavy atom. The second-order valence-electron chi connectivity index (χ2n) is 4.77. The van der Waals surface area contributed by atoms with Crippen molar-refractivity contribution in [3.05, 3.63) is 30.5 Å². The molecule has 2 aromatic rings. The molecule has 0 fully saturated rings. The van der Waals surface area contributed by atoms with Gasteiger partial charge in [0.2, 0.25) is 5.95 Å². The van der Waals surface area contributed by atoms with E-state index in [9.17, 15) is 0 Å². The summed E-state index contributed by atoms with van der Waals surface area (Å²) in [6.45, 7) is 4.32. The minimum Gasteiger partial charge on any atom is -0.396 e. The molecule has 0 saturated carbocycles. The van der Waals surface area contributed by atoms with Crippen LogP contribution in [0.3, 0.4) is 0 Å². The fraction of sp³-hybridized carbons (Fsp3) is 0.429. The van der Waals surface area contributed by atoms with Crippen LogP contribution in [0.2, 0.25) is 0 Å². The SMILES string of the molecule is CCC(C)(CCO)Nc1ncc2ccccc2n1. The van der Waals surface area contributed by atoms with Crippen LogP contribution in [-0.2, 0) is 0 Å². The molecular weight excluding hydrogens is 226 g/mol. The highest BCUT2D eigenvalue weighted by Gasteiger charge is 2.22. The van der Waals surface area contributed by atoms with Crippen LogP contribution in [0, 0.1) is 0 Å². The van der Waals surface area contributed by atoms with E-state index in [1.54, 1.807) is 0 Å². The Morgan fingerprint density at radius 1 is 1.33 bits per heavy atom. The summed E-state index contributed by atoms with van der Waals surface area (Å²) in [5, 5.41) is 13.4. The van der Waals surface area contributed by atoms with Crippen LogP contribution >= 0.6 is 0 Å². The summed E-state index contributed by atoms with van der Waals surface area (Å²) in [6, 6.07) is 7.90. The molecule has 0 spiro atoms. The Bertz CT molecular complexity index is 529. The van der Waals surface area contributed by atoms with Gasteiger partial charge in [-0.05, 0) is 25.8 Å². The molecule has 0 aliphatic heterocycles. The quantitative estimate of drug-likeness (QED) is 0.850. The number of hydrogen-bond acceptors (Lipinski definition) is 4. The van der Waals surface area contributed by atoms with Crippen molar-refractivity contribution >= 4 is 16.9 Å². The molecule has 1 atom stereocenters. The van der Waals surface area contributed by atoms with Gasteiger partial charge in [-0.2, -0.15) is 0 Å². The molecule has 0 aliphatic rings. The highest BCUT2D eigenvalue weighted by atomic mass is 16.3. The van der Waals surface area contributed by atoms with Crippen LogP contribution in [0.4, 0.5) is 5.95 Å². The zero-order valence-electron chi connectivity index (χ0n) is 10.8. The zero-order chi connectivity index (χ0) is 13.0. The fourth-order valence-corrected chi connectivity index (χ4v) is 1.88. The van der Waals surface area contributed by atoms with Crippen LogP contribution in [-0.4, -0.2) is 27.2 Å². The standard InChI is InChI=1S/C14H19N3O/c1-3-14(2,8-9-18)17-13-15-10-11-6-4-5-7-12(11)16-13/h4-7,10,18H,3,8-9H2,1-2H3,(H,15,16,17). The lowest BCUT2D eigenvalue weighted by Crippen LogP contribution is -2.35. The Morgan fingerprint density at radius 3 is 2.83 bits per heavy atom. The molecule has 4 nitrogen and oxygen atoms in total. The molecule has 1 aromatic heterocycles. The maximum Gasteiger partial charge on any atom is 0.223 e. The van der Waals surface area contributed by atoms with E-state index in [1.807, 2.05) is 30.5 Å². The Balaban J connectivity index is 2.26. The summed E-state index contributed by atoms with van der Waals surface area (Å²) in [7, 11) is 0. The fourth-order valence-electron chi connectivity index (χ4n) is 1.88. The molecule has 4 heteroatoms. The number of benzene rings is 1. The van der Waals surface area contributed by atoms with Crippen molar-refractivity contribution in [2.24, 2.45) is 0 Å². The molecule has 1 heterocycles. The van der Waals surface area contributed by atoms with E-state index in [1.165, 1.54) is 0 Å². The summed E-state index contributed by atoms with van der Waals surface area (Å²) >= 11 is 0. The topological polar surface area (TPSA) is 58.0 Å². The molecule has 2 N–H and O–H groups in total. The highest BCUT2D eigenvalue weighted by molar-refractivity contribution is 5.78. The van der Waals surface area contributed by atoms with Crippen molar-refractivity contribution in [1.82, 2.24) is 9.97 Å². The maximum atomic E-state index is 9.10. The van der Waals surface area contributed by atoms with Crippen LogP contribution < -0.4 is 5.32 Å². The smallest absolute Gasteiger partial charge is 0.223 e. The summed E-state index contributed by atoms with van der Waals surface area (Å²) < 4.78 is 0. The first-order chi connectivity index (χ1) is 8.67. The van der Waals surface area contributed by atoms with Gasteiger partial charge in [0.05, 0.1) is 5.52 Å². The summed E-state index contributed by atoms with van der Waals surface area (Å²) in [6.07, 6.45) is 3.41. The van der Waals surface area contributed by atoms with E-state index < -0.39 is 0 Å². The Kier molecular flexibility index (Phi) is 3.77. The predicted octanol–water partition coefficient (Wildman–Crippen LogP) is 2.59. The first-order valence-electron chi connectivity index (χ1n) is 6.28. The van der Waals surface area contributed by atoms with E-state index >= 15 is 0 Å². The number of nitrogens with one attached hydrogen (secondary N) is 1. The predicted molar refractivity (Wildman–Crippen MR) is 73.6 cm³/mol. The van der Waals surface area contributed by atoms with Crippen molar-refractivity contribution in [3.8, 4) is 0 Å². The number of nitrogens with zero attached hydrogens (tertiary/aromatic N) is 2. The molecule has 0 aliphatic carbocycles. The van der Waals surface area contributed by atoms with Crippen molar-refractivity contribution in [3.63, 3.8) is 0 Å². The summed E-state index contributed by atoms with van der Waals surface area (Å²) in [4.78, 5) is 8.80. The number of aliphatic hydroxyl groups is 1. The lowest BCUT2D eigenvalue weighted by atomic mass is 9.95. The molecule has 0 amide bonds. The lowest BCUT2D eigenvalue weighted by Gasteiger charge is -2.28. The van der Waals surface area contributed by atoms with Crippen molar-refractivity contribution in [2.45, 2.75) is 32.2 Å². The van der Waals surface area contributed by atoms with Gasteiger partial charge >= 0.3 is 0 Å². The number of rotatable bonds is 5. The van der Waals surface area contributed by atoms with Gasteiger partial charge < -0.3 is 10.4 Å². The first-order valence-corrected chi connectivity index (χ1v) is 6.28. The molecule has 1 unspecified atom stereocenters. The molecular formula is C14H19N3O. The minimum atomic E-state index is -0.169. The van der Waals surface area contributed by atoms with Crippen molar-refractivity contribution in [2.75, 3.05) is 11.9 Å². The number of aliphatic hydroxyl groups excluding tert-OH is 1. The Hall–Kier alpha value is -1.68. The number of aromatic nitrogens is 2. The summed E-state index contributed by atoms with van der Waals surface area (Å²) in [5.74, 6) is 0.617. The third kappa shape index (κ3) is 2.76. The van der Waals surface area contributed by atoms with E-state index in [0.717, 1.165) is 17.3 Å². The molecule has 2 rings (SSSR count). The van der Waals surface area contributed by atoms with E-state index in [2.05, 4.69) is 29.1 Å². The molecule has 0 radical (unpaired) electrons. The van der Waals surface area contributed by atoms with Gasteiger partial charge in [0, 0.05) is 23.7 Å². The molecule has 0 bridgehead atoms. The second kappa shape index (κ2) is 5.31. The maximum absolute atomic E-state index is 9.10. The lowest BCUT2D eigenvalue weighted by molar-refractivity contribution is 0.251. The third-order valence-electron chi connectivity index (χ3n) is 3.35. The normalized spacial score (nSPS) is 14.4. The third-order valence-corrected chi connectivity index (χ3v) is 3.35. The molecule has 1 aromatic carbocycles. The molecule has 18 heavy (non-hydrogen) atoms. The number of fused-ring (bicyclic) bond motifs is 1. The van der Waals surface area contributed by atoms with Gasteiger partial charge in [-0.25, -0.2) is 9.97 Å². The number of anilines is 1. The second-order valence-corrected chi connectivity index (χ2v) is 4.77. The number of para-hydroxylation sites is 1. The van der Waals surface area contributed by atoms with Gasteiger partial charge in [0.25, 0.3) is 0 Å². The van der Waals surface area contributed by atoms with Crippen molar-refractivity contribution in [1.29, 1.82) is 0 Å². The summed E-state index contributed by atoms with van der Waals surface area (Å²) in [5.41, 5.74) is 0.759. The van der Waals surface area contributed by atoms with Gasteiger partial charge in [0.1, 0.15) is 0 Å². The van der Waals surface area contributed by atoms with Gasteiger partial charge in [-0.3, -0.25) is 0 Å². The van der Waals surface area contributed by atoms with Crippen LogP contribution in [0.25, 0.3) is 10.9 Å². The number of hydrogen-bond donors (Lipinski definition) is 2. The van der Waals surface area contributed by atoms with E-state index in [-0.39, 0.29) is 12.1 Å². The van der Waals surface area contributed by atoms with Crippen LogP contribution in [0.5, 0.6) is 0 Å². The van der Waals surface area contributed by atoms with Crippen LogP contribution in [0.15, 0.2) is 30.5 Å². The van der Waals surface area contributed by atoms with E-state index in [0.29, 0.717) is 12.4 Å². The zero-order valence-corrected chi connectivity index (χ0v) is 10.8. The monoisotopic (exact) mass is 245 g/mol. The van der Waals surface area contributed by atoms with Gasteiger partial charge in [-0.15, -0.1) is 0 Å². The van der Waals surface area contributed by atoms with Gasteiger partial charge in [0.15, 0.2) is 0 Å². The van der Waals surface area contributed by atoms with Crippen molar-refractivity contribution < 1.29 is 5.11 Å². The Labute approximate surface area is 107 Å². The largest absolute Gasteiger partial charge is 0.396 e. The molecule has 0 saturated heterocycles.